The van der Waals surface area contributed by atoms with E-state index in [2.05, 4.69) is 25.3 Å². The van der Waals surface area contributed by atoms with Crippen LogP contribution in [0.25, 0.3) is 17.3 Å². The maximum Gasteiger partial charge on any atom is 0.275 e. The number of hydrogen-bond donors (Lipinski definition) is 1. The van der Waals surface area contributed by atoms with Crippen LogP contribution in [-0.2, 0) is 16.1 Å². The lowest BCUT2D eigenvalue weighted by atomic mass is 10.2. The van der Waals surface area contributed by atoms with Gasteiger partial charge in [0, 0.05) is 35.9 Å². The molecule has 1 aromatic carbocycles. The number of fused-ring (bicyclic) bond motifs is 1. The number of anilines is 2. The first-order chi connectivity index (χ1) is 16.0. The molecule has 5 rings (SSSR count). The minimum absolute atomic E-state index is 0.00227. The SMILES string of the molecule is Cc1ccc(NC(=O)Cn2c(C)cc(=O)n3nc(-c4csc(N5CCOCC5)n4)nc23)cc1. The number of aryl methyl sites for hydroxylation is 2. The van der Waals surface area contributed by atoms with Crippen molar-refractivity contribution >= 4 is 33.8 Å². The molecule has 1 fully saturated rings. The van der Waals surface area contributed by atoms with Crippen LogP contribution < -0.4 is 15.8 Å². The van der Waals surface area contributed by atoms with Gasteiger partial charge in [0.1, 0.15) is 12.2 Å². The molecule has 0 radical (unpaired) electrons. The lowest BCUT2D eigenvalue weighted by molar-refractivity contribution is -0.116. The van der Waals surface area contributed by atoms with Gasteiger partial charge in [0.15, 0.2) is 5.13 Å². The number of nitrogens with zero attached hydrogens (tertiary/aromatic N) is 6. The molecule has 0 atom stereocenters. The van der Waals surface area contributed by atoms with E-state index in [1.165, 1.54) is 21.9 Å². The number of rotatable bonds is 5. The van der Waals surface area contributed by atoms with Gasteiger partial charge in [-0.05, 0) is 26.0 Å². The molecular formula is C22H23N7O3S. The van der Waals surface area contributed by atoms with Crippen molar-refractivity contribution in [2.24, 2.45) is 0 Å². The third kappa shape index (κ3) is 4.37. The Labute approximate surface area is 193 Å². The highest BCUT2D eigenvalue weighted by Gasteiger charge is 2.20. The predicted octanol–water partition coefficient (Wildman–Crippen LogP) is 2.11. The lowest BCUT2D eigenvalue weighted by Crippen LogP contribution is -2.36. The molecule has 11 heteroatoms. The van der Waals surface area contributed by atoms with E-state index in [0.29, 0.717) is 41.9 Å². The molecule has 170 valence electrons. The highest BCUT2D eigenvalue weighted by molar-refractivity contribution is 7.14. The van der Waals surface area contributed by atoms with E-state index < -0.39 is 0 Å². The molecule has 4 heterocycles. The second kappa shape index (κ2) is 8.75. The highest BCUT2D eigenvalue weighted by atomic mass is 32.1. The summed E-state index contributed by atoms with van der Waals surface area (Å²) in [5.74, 6) is 0.427. The Morgan fingerprint density at radius 3 is 2.67 bits per heavy atom. The van der Waals surface area contributed by atoms with E-state index in [4.69, 9.17) is 4.74 Å². The minimum Gasteiger partial charge on any atom is -0.378 e. The van der Waals surface area contributed by atoms with E-state index in [-0.39, 0.29) is 18.0 Å². The molecule has 0 spiro atoms. The molecular weight excluding hydrogens is 442 g/mol. The number of morpholine rings is 1. The first-order valence-corrected chi connectivity index (χ1v) is 11.5. The number of hydrogen-bond acceptors (Lipinski definition) is 8. The number of thiazole rings is 1. The van der Waals surface area contributed by atoms with Gasteiger partial charge in [-0.15, -0.1) is 16.4 Å². The van der Waals surface area contributed by atoms with Crippen molar-refractivity contribution in [3.8, 4) is 11.5 Å². The van der Waals surface area contributed by atoms with Crippen LogP contribution in [-0.4, -0.2) is 56.4 Å². The van der Waals surface area contributed by atoms with E-state index in [0.717, 1.165) is 23.8 Å². The third-order valence-corrected chi connectivity index (χ3v) is 6.34. The summed E-state index contributed by atoms with van der Waals surface area (Å²) in [6, 6.07) is 9.02. The van der Waals surface area contributed by atoms with Crippen molar-refractivity contribution in [1.29, 1.82) is 0 Å². The Morgan fingerprint density at radius 2 is 1.91 bits per heavy atom. The van der Waals surface area contributed by atoms with E-state index in [1.807, 2.05) is 36.6 Å². The van der Waals surface area contributed by atoms with Crippen LogP contribution in [0.5, 0.6) is 0 Å². The zero-order valence-corrected chi connectivity index (χ0v) is 19.1. The molecule has 1 aliphatic heterocycles. The summed E-state index contributed by atoms with van der Waals surface area (Å²) < 4.78 is 8.30. The van der Waals surface area contributed by atoms with Gasteiger partial charge in [-0.1, -0.05) is 17.7 Å². The van der Waals surface area contributed by atoms with Gasteiger partial charge in [0.2, 0.25) is 17.5 Å². The number of amides is 1. The first-order valence-electron chi connectivity index (χ1n) is 10.6. The number of nitrogens with one attached hydrogen (secondary N) is 1. The standard InChI is InChI=1S/C22H23N7O3S/c1-14-3-5-16(6-4-14)23-18(30)12-28-15(2)11-19(31)29-21(28)25-20(26-29)17-13-33-22(24-17)27-7-9-32-10-8-27/h3-6,11,13H,7-10,12H2,1-2H3,(H,23,30). The Bertz CT molecular complexity index is 1370. The molecule has 0 saturated carbocycles. The summed E-state index contributed by atoms with van der Waals surface area (Å²) in [4.78, 5) is 36.7. The van der Waals surface area contributed by atoms with Crippen molar-refractivity contribution in [2.45, 2.75) is 20.4 Å². The molecule has 1 aliphatic rings. The molecule has 3 aromatic heterocycles. The summed E-state index contributed by atoms with van der Waals surface area (Å²) in [5, 5.41) is 10.0. The Morgan fingerprint density at radius 1 is 1.15 bits per heavy atom. The van der Waals surface area contributed by atoms with Gasteiger partial charge >= 0.3 is 0 Å². The number of carbonyl (C=O) groups excluding carboxylic acids is 1. The molecule has 1 saturated heterocycles. The summed E-state index contributed by atoms with van der Waals surface area (Å²) in [6.07, 6.45) is 0. The summed E-state index contributed by atoms with van der Waals surface area (Å²) in [5.41, 5.74) is 2.73. The number of aromatic nitrogens is 5. The van der Waals surface area contributed by atoms with Gasteiger partial charge in [-0.3, -0.25) is 9.59 Å². The quantitative estimate of drug-likeness (QED) is 0.481. The topological polar surface area (TPSA) is 107 Å². The fraction of sp³-hybridized carbons (Fsp3) is 0.318. The smallest absolute Gasteiger partial charge is 0.275 e. The average molecular weight is 466 g/mol. The Hall–Kier alpha value is -3.57. The van der Waals surface area contributed by atoms with Crippen molar-refractivity contribution in [1.82, 2.24) is 24.1 Å². The van der Waals surface area contributed by atoms with Crippen LogP contribution >= 0.6 is 11.3 Å². The van der Waals surface area contributed by atoms with Crippen LogP contribution in [0.15, 0.2) is 40.5 Å². The molecule has 4 aromatic rings. The lowest BCUT2D eigenvalue weighted by Gasteiger charge is -2.25. The van der Waals surface area contributed by atoms with Crippen molar-refractivity contribution in [3.05, 3.63) is 57.3 Å². The van der Waals surface area contributed by atoms with E-state index >= 15 is 0 Å². The van der Waals surface area contributed by atoms with Gasteiger partial charge in [-0.2, -0.15) is 9.50 Å². The third-order valence-electron chi connectivity index (χ3n) is 5.44. The van der Waals surface area contributed by atoms with Gasteiger partial charge in [0.05, 0.1) is 13.2 Å². The Balaban J connectivity index is 1.44. The van der Waals surface area contributed by atoms with Crippen LogP contribution in [0, 0.1) is 13.8 Å². The number of benzene rings is 1. The predicted molar refractivity (Wildman–Crippen MR) is 126 cm³/mol. The maximum absolute atomic E-state index is 12.7. The molecule has 1 amide bonds. The molecule has 0 aliphatic carbocycles. The summed E-state index contributed by atoms with van der Waals surface area (Å²) in [7, 11) is 0. The average Bonchev–Trinajstić information content (AvgIpc) is 3.47. The first kappa shape index (κ1) is 21.3. The number of carbonyl (C=O) groups is 1. The van der Waals surface area contributed by atoms with Crippen molar-refractivity contribution in [3.63, 3.8) is 0 Å². The molecule has 0 unspecified atom stereocenters. The monoisotopic (exact) mass is 465 g/mol. The van der Waals surface area contributed by atoms with Gasteiger partial charge < -0.3 is 19.5 Å². The van der Waals surface area contributed by atoms with E-state index in [1.54, 1.807) is 11.5 Å². The fourth-order valence-corrected chi connectivity index (χ4v) is 4.51. The van der Waals surface area contributed by atoms with E-state index in [9.17, 15) is 9.59 Å². The molecule has 10 nitrogen and oxygen atoms in total. The highest BCUT2D eigenvalue weighted by Crippen LogP contribution is 2.26. The molecule has 33 heavy (non-hydrogen) atoms. The molecule has 1 N–H and O–H groups in total. The minimum atomic E-state index is -0.305. The van der Waals surface area contributed by atoms with Crippen LogP contribution in [0.3, 0.4) is 0 Å². The fourth-order valence-electron chi connectivity index (χ4n) is 3.65. The van der Waals surface area contributed by atoms with Crippen LogP contribution in [0.2, 0.25) is 0 Å². The van der Waals surface area contributed by atoms with Crippen molar-refractivity contribution < 1.29 is 9.53 Å². The van der Waals surface area contributed by atoms with Crippen molar-refractivity contribution in [2.75, 3.05) is 36.5 Å². The summed E-state index contributed by atoms with van der Waals surface area (Å²) in [6.45, 7) is 6.67. The zero-order valence-electron chi connectivity index (χ0n) is 18.3. The van der Waals surface area contributed by atoms with Crippen LogP contribution in [0.4, 0.5) is 10.8 Å². The Kier molecular flexibility index (Phi) is 5.65. The normalized spacial score (nSPS) is 14.1. The zero-order chi connectivity index (χ0) is 22.9. The second-order valence-electron chi connectivity index (χ2n) is 7.89. The second-order valence-corrected chi connectivity index (χ2v) is 8.72. The summed E-state index contributed by atoms with van der Waals surface area (Å²) >= 11 is 1.51. The largest absolute Gasteiger partial charge is 0.378 e. The maximum atomic E-state index is 12.7. The number of ether oxygens (including phenoxy) is 1. The van der Waals surface area contributed by atoms with Gasteiger partial charge in [-0.25, -0.2) is 4.98 Å². The molecule has 0 bridgehead atoms. The van der Waals surface area contributed by atoms with Crippen LogP contribution in [0.1, 0.15) is 11.3 Å². The van der Waals surface area contributed by atoms with Gasteiger partial charge in [0.25, 0.3) is 5.56 Å².